The lowest BCUT2D eigenvalue weighted by Crippen LogP contribution is -2.33. The Morgan fingerprint density at radius 2 is 1.83 bits per heavy atom. The summed E-state index contributed by atoms with van der Waals surface area (Å²) >= 11 is 0. The molecular formula is C13H18F3NO. The zero-order chi connectivity index (χ0) is 13.6. The molecule has 102 valence electrons. The fourth-order valence-electron chi connectivity index (χ4n) is 1.72. The van der Waals surface area contributed by atoms with Gasteiger partial charge >= 0.3 is 6.18 Å². The third-order valence-corrected chi connectivity index (χ3v) is 2.64. The molecule has 0 aromatic heterocycles. The molecule has 1 aromatic rings. The minimum atomic E-state index is -4.27. The van der Waals surface area contributed by atoms with Gasteiger partial charge in [0.2, 0.25) is 0 Å². The van der Waals surface area contributed by atoms with Crippen molar-refractivity contribution in [3.8, 4) is 0 Å². The molecule has 18 heavy (non-hydrogen) atoms. The molecule has 0 heterocycles. The summed E-state index contributed by atoms with van der Waals surface area (Å²) in [6, 6.07) is 4.87. The molecule has 0 saturated heterocycles. The number of rotatable bonds is 6. The number of nitrogens with one attached hydrogen (secondary N) is 1. The van der Waals surface area contributed by atoms with E-state index >= 15 is 0 Å². The highest BCUT2D eigenvalue weighted by atomic mass is 19.4. The van der Waals surface area contributed by atoms with Crippen molar-refractivity contribution in [1.29, 1.82) is 0 Å². The Balaban J connectivity index is 2.80. The third kappa shape index (κ3) is 4.31. The van der Waals surface area contributed by atoms with Gasteiger partial charge in [0.25, 0.3) is 0 Å². The Morgan fingerprint density at radius 3 is 2.28 bits per heavy atom. The minimum absolute atomic E-state index is 0.241. The van der Waals surface area contributed by atoms with Crippen LogP contribution in [-0.4, -0.2) is 26.4 Å². The first-order valence-corrected chi connectivity index (χ1v) is 5.87. The molecule has 1 unspecified atom stereocenters. The molecule has 1 aromatic carbocycles. The van der Waals surface area contributed by atoms with E-state index in [4.69, 9.17) is 4.74 Å². The van der Waals surface area contributed by atoms with Crippen LogP contribution in [0.15, 0.2) is 24.3 Å². The maximum atomic E-state index is 12.8. The molecule has 0 radical (unpaired) electrons. The van der Waals surface area contributed by atoms with Gasteiger partial charge in [-0.2, -0.15) is 13.2 Å². The number of halogens is 3. The summed E-state index contributed by atoms with van der Waals surface area (Å²) in [6.07, 6.45) is -3.57. The summed E-state index contributed by atoms with van der Waals surface area (Å²) in [6.45, 7) is 2.50. The lowest BCUT2D eigenvalue weighted by Gasteiger charge is -2.21. The zero-order valence-electron chi connectivity index (χ0n) is 10.6. The van der Waals surface area contributed by atoms with Gasteiger partial charge in [-0.15, -0.1) is 0 Å². The van der Waals surface area contributed by atoms with Gasteiger partial charge in [0.1, 0.15) is 6.04 Å². The van der Waals surface area contributed by atoms with E-state index in [9.17, 15) is 13.2 Å². The highest BCUT2D eigenvalue weighted by molar-refractivity contribution is 5.26. The Kier molecular flexibility index (Phi) is 5.62. The fraction of sp³-hybridized carbons (Fsp3) is 0.538. The number of alkyl halides is 3. The van der Waals surface area contributed by atoms with Crippen LogP contribution in [0.4, 0.5) is 13.2 Å². The second-order valence-electron chi connectivity index (χ2n) is 4.02. The molecule has 0 fully saturated rings. The van der Waals surface area contributed by atoms with Gasteiger partial charge in [-0.3, -0.25) is 0 Å². The van der Waals surface area contributed by atoms with Crippen molar-refractivity contribution >= 4 is 0 Å². The highest BCUT2D eigenvalue weighted by Crippen LogP contribution is 2.32. The molecule has 5 heteroatoms. The fourth-order valence-corrected chi connectivity index (χ4v) is 1.72. The van der Waals surface area contributed by atoms with Crippen LogP contribution in [-0.2, 0) is 11.2 Å². The van der Waals surface area contributed by atoms with Crippen LogP contribution < -0.4 is 5.32 Å². The van der Waals surface area contributed by atoms with E-state index in [1.807, 2.05) is 0 Å². The maximum absolute atomic E-state index is 12.8. The number of benzene rings is 1. The summed E-state index contributed by atoms with van der Waals surface area (Å²) in [5.74, 6) is 0. The maximum Gasteiger partial charge on any atom is 0.407 e. The molecule has 0 bridgehead atoms. The van der Waals surface area contributed by atoms with Gasteiger partial charge in [0.15, 0.2) is 0 Å². The summed E-state index contributed by atoms with van der Waals surface area (Å²) in [5, 5.41) is 2.45. The van der Waals surface area contributed by atoms with Gasteiger partial charge in [-0.05, 0) is 24.1 Å². The SMILES string of the molecule is CCNC(c1ccc(CCOC)cc1)C(F)(F)F. The molecule has 0 amide bonds. The smallest absolute Gasteiger partial charge is 0.384 e. The van der Waals surface area contributed by atoms with Gasteiger partial charge in [0.05, 0.1) is 6.61 Å². The van der Waals surface area contributed by atoms with Crippen molar-refractivity contribution in [2.24, 2.45) is 0 Å². The first-order chi connectivity index (χ1) is 8.49. The van der Waals surface area contributed by atoms with E-state index in [2.05, 4.69) is 5.32 Å². The molecule has 0 spiro atoms. The quantitative estimate of drug-likeness (QED) is 0.849. The number of methoxy groups -OCH3 is 1. The van der Waals surface area contributed by atoms with Crippen LogP contribution in [0.5, 0.6) is 0 Å². The molecule has 2 nitrogen and oxygen atoms in total. The van der Waals surface area contributed by atoms with Crippen molar-refractivity contribution < 1.29 is 17.9 Å². The first kappa shape index (κ1) is 15.0. The van der Waals surface area contributed by atoms with Crippen LogP contribution in [0, 0.1) is 0 Å². The van der Waals surface area contributed by atoms with Gasteiger partial charge in [-0.1, -0.05) is 31.2 Å². The Bertz CT molecular complexity index is 348. The summed E-state index contributed by atoms with van der Waals surface area (Å²) < 4.78 is 43.4. The van der Waals surface area contributed by atoms with Gasteiger partial charge in [-0.25, -0.2) is 0 Å². The van der Waals surface area contributed by atoms with E-state index in [1.165, 1.54) is 12.1 Å². The predicted octanol–water partition coefficient (Wildman–Crippen LogP) is 3.09. The van der Waals surface area contributed by atoms with E-state index < -0.39 is 12.2 Å². The Morgan fingerprint density at radius 1 is 1.22 bits per heavy atom. The normalized spacial score (nSPS) is 13.6. The van der Waals surface area contributed by atoms with Crippen LogP contribution in [0.1, 0.15) is 24.1 Å². The predicted molar refractivity (Wildman–Crippen MR) is 64.5 cm³/mol. The van der Waals surface area contributed by atoms with Crippen LogP contribution >= 0.6 is 0 Å². The average molecular weight is 261 g/mol. The topological polar surface area (TPSA) is 21.3 Å². The monoisotopic (exact) mass is 261 g/mol. The summed E-state index contributed by atoms with van der Waals surface area (Å²) in [7, 11) is 1.60. The van der Waals surface area contributed by atoms with E-state index in [1.54, 1.807) is 26.2 Å². The van der Waals surface area contributed by atoms with Gasteiger partial charge < -0.3 is 10.1 Å². The van der Waals surface area contributed by atoms with Crippen molar-refractivity contribution in [2.75, 3.05) is 20.3 Å². The zero-order valence-corrected chi connectivity index (χ0v) is 10.6. The van der Waals surface area contributed by atoms with Crippen molar-refractivity contribution in [2.45, 2.75) is 25.6 Å². The number of hydrogen-bond donors (Lipinski definition) is 1. The molecular weight excluding hydrogens is 243 g/mol. The molecule has 0 aliphatic carbocycles. The van der Waals surface area contributed by atoms with Crippen molar-refractivity contribution in [3.05, 3.63) is 35.4 Å². The summed E-state index contributed by atoms with van der Waals surface area (Å²) in [4.78, 5) is 0. The third-order valence-electron chi connectivity index (χ3n) is 2.64. The average Bonchev–Trinajstić information content (AvgIpc) is 2.33. The van der Waals surface area contributed by atoms with Gasteiger partial charge in [0, 0.05) is 7.11 Å². The van der Waals surface area contributed by atoms with Crippen LogP contribution in [0.25, 0.3) is 0 Å². The number of hydrogen-bond acceptors (Lipinski definition) is 2. The molecule has 0 aliphatic rings. The Hall–Kier alpha value is -1.07. The summed E-state index contributed by atoms with van der Waals surface area (Å²) in [5.41, 5.74) is 1.21. The second-order valence-corrected chi connectivity index (χ2v) is 4.02. The van der Waals surface area contributed by atoms with Crippen molar-refractivity contribution in [3.63, 3.8) is 0 Å². The van der Waals surface area contributed by atoms with Crippen LogP contribution in [0.2, 0.25) is 0 Å². The molecule has 1 N–H and O–H groups in total. The molecule has 0 aliphatic heterocycles. The van der Waals surface area contributed by atoms with E-state index in [0.29, 0.717) is 13.0 Å². The number of ether oxygens (including phenoxy) is 1. The lowest BCUT2D eigenvalue weighted by atomic mass is 10.0. The van der Waals surface area contributed by atoms with Crippen molar-refractivity contribution in [1.82, 2.24) is 5.32 Å². The Labute approximate surface area is 105 Å². The lowest BCUT2D eigenvalue weighted by molar-refractivity contribution is -0.157. The van der Waals surface area contributed by atoms with E-state index in [-0.39, 0.29) is 12.1 Å². The van der Waals surface area contributed by atoms with E-state index in [0.717, 1.165) is 5.56 Å². The second kappa shape index (κ2) is 6.75. The minimum Gasteiger partial charge on any atom is -0.384 e. The van der Waals surface area contributed by atoms with Crippen LogP contribution in [0.3, 0.4) is 0 Å². The molecule has 0 saturated carbocycles. The standard InChI is InChI=1S/C13H18F3NO/c1-3-17-12(13(14,15)16)11-6-4-10(5-7-11)8-9-18-2/h4-7,12,17H,3,8-9H2,1-2H3. The molecule has 1 rings (SSSR count). The first-order valence-electron chi connectivity index (χ1n) is 5.87. The molecule has 1 atom stereocenters. The largest absolute Gasteiger partial charge is 0.407 e. The highest BCUT2D eigenvalue weighted by Gasteiger charge is 2.39.